The number of anilines is 3. The minimum Gasteiger partial charge on any atom is -0.399 e. The third kappa shape index (κ3) is 4.29. The Morgan fingerprint density at radius 3 is 2.80 bits per heavy atom. The lowest BCUT2D eigenvalue weighted by molar-refractivity contribution is 0.717. The van der Waals surface area contributed by atoms with E-state index < -0.39 is 0 Å². The van der Waals surface area contributed by atoms with Crippen molar-refractivity contribution in [2.75, 3.05) is 29.5 Å². The van der Waals surface area contributed by atoms with Crippen molar-refractivity contribution < 1.29 is 0 Å². The summed E-state index contributed by atoms with van der Waals surface area (Å²) in [5, 5.41) is 19.5. The maximum absolute atomic E-state index is 8.85. The number of aromatic nitrogens is 1. The van der Waals surface area contributed by atoms with Gasteiger partial charge in [0.1, 0.15) is 23.9 Å². The summed E-state index contributed by atoms with van der Waals surface area (Å²) < 4.78 is 0. The quantitative estimate of drug-likeness (QED) is 0.371. The summed E-state index contributed by atoms with van der Waals surface area (Å²) >= 11 is 6.42. The fraction of sp³-hybridized carbons (Fsp3) is 0.136. The highest BCUT2D eigenvalue weighted by Crippen LogP contribution is 2.31. The van der Waals surface area contributed by atoms with E-state index in [1.54, 1.807) is 24.4 Å². The summed E-state index contributed by atoms with van der Waals surface area (Å²) in [5.41, 5.74) is 9.86. The van der Waals surface area contributed by atoms with Gasteiger partial charge in [0.25, 0.3) is 0 Å². The molecule has 0 saturated heterocycles. The van der Waals surface area contributed by atoms with E-state index >= 15 is 0 Å². The van der Waals surface area contributed by atoms with Crippen LogP contribution in [0.2, 0.25) is 5.02 Å². The van der Waals surface area contributed by atoms with Crippen molar-refractivity contribution >= 4 is 34.6 Å². The molecule has 4 rings (SSSR count). The number of hydrogen-bond acceptors (Lipinski definition) is 6. The molecule has 1 aromatic heterocycles. The fourth-order valence-corrected chi connectivity index (χ4v) is 3.50. The Morgan fingerprint density at radius 2 is 2.03 bits per heavy atom. The second-order valence-corrected chi connectivity index (χ2v) is 7.16. The van der Waals surface area contributed by atoms with Gasteiger partial charge in [-0.25, -0.2) is 4.98 Å². The van der Waals surface area contributed by atoms with E-state index in [0.29, 0.717) is 35.2 Å². The van der Waals surface area contributed by atoms with Gasteiger partial charge in [-0.3, -0.25) is 4.99 Å². The summed E-state index contributed by atoms with van der Waals surface area (Å²) in [5.74, 6) is 1.50. The maximum Gasteiger partial charge on any atom is 0.132 e. The van der Waals surface area contributed by atoms with Crippen LogP contribution in [0.4, 0.5) is 17.2 Å². The number of hydrogen-bond donors (Lipinski definition) is 4. The molecule has 1 aliphatic heterocycles. The number of halogens is 1. The van der Waals surface area contributed by atoms with Crippen LogP contribution in [0, 0.1) is 11.3 Å². The number of rotatable bonds is 5. The molecule has 0 aliphatic carbocycles. The molecule has 7 nitrogen and oxygen atoms in total. The Morgan fingerprint density at radius 1 is 1.17 bits per heavy atom. The van der Waals surface area contributed by atoms with Crippen LogP contribution >= 0.6 is 11.6 Å². The molecule has 0 amide bonds. The van der Waals surface area contributed by atoms with Gasteiger partial charge in [-0.1, -0.05) is 29.8 Å². The zero-order valence-corrected chi connectivity index (χ0v) is 16.8. The van der Waals surface area contributed by atoms with E-state index in [9.17, 15) is 0 Å². The van der Waals surface area contributed by atoms with Gasteiger partial charge < -0.3 is 21.7 Å². The Hall–Kier alpha value is -3.76. The van der Waals surface area contributed by atoms with Crippen molar-refractivity contribution in [3.8, 4) is 6.07 Å². The van der Waals surface area contributed by atoms with Crippen LogP contribution in [0.5, 0.6) is 0 Å². The van der Waals surface area contributed by atoms with E-state index in [1.165, 1.54) is 0 Å². The lowest BCUT2D eigenvalue weighted by Crippen LogP contribution is -2.39. The van der Waals surface area contributed by atoms with Crippen LogP contribution in [0.25, 0.3) is 0 Å². The zero-order chi connectivity index (χ0) is 20.9. The first-order valence-electron chi connectivity index (χ1n) is 9.46. The molecule has 0 radical (unpaired) electrons. The van der Waals surface area contributed by atoms with Crippen molar-refractivity contribution in [3.63, 3.8) is 0 Å². The van der Waals surface area contributed by atoms with Crippen molar-refractivity contribution in [2.45, 2.75) is 6.17 Å². The molecule has 2 heterocycles. The number of aliphatic imine (C=N–C) groups is 1. The summed E-state index contributed by atoms with van der Waals surface area (Å²) in [4.78, 5) is 8.96. The van der Waals surface area contributed by atoms with Crippen LogP contribution in [-0.2, 0) is 0 Å². The number of nitrogens with two attached hydrogens (primary N) is 1. The number of amidine groups is 1. The van der Waals surface area contributed by atoms with Crippen LogP contribution in [-0.4, -0.2) is 23.9 Å². The molecule has 0 spiro atoms. The third-order valence-electron chi connectivity index (χ3n) is 4.68. The summed E-state index contributed by atoms with van der Waals surface area (Å²) in [6, 6.07) is 19.0. The highest BCUT2D eigenvalue weighted by atomic mass is 35.5. The molecule has 5 N–H and O–H groups in total. The molecule has 2 aromatic carbocycles. The van der Waals surface area contributed by atoms with E-state index in [1.807, 2.05) is 36.4 Å². The number of fused-ring (bicyclic) bond motifs is 1. The standard InChI is InChI=1S/C22H20ClN7/c23-18-11-15(25)6-7-16(18)22-29-19-4-2-1-3-17(19)21(30-22)27-10-9-26-20-8-5-14(12-24)13-28-20/h1-8,11,13,22,29H,9-10,25H2,(H,26,28)(H,27,30). The Bertz CT molecular complexity index is 1120. The Balaban J connectivity index is 1.49. The van der Waals surface area contributed by atoms with Crippen molar-refractivity contribution in [3.05, 3.63) is 82.5 Å². The lowest BCUT2D eigenvalue weighted by Gasteiger charge is -2.31. The van der Waals surface area contributed by atoms with Gasteiger partial charge >= 0.3 is 0 Å². The molecule has 150 valence electrons. The molecular formula is C22H20ClN7. The SMILES string of the molecule is N#Cc1ccc(NCCN=C2NC(c3ccc(N)cc3Cl)Nc3ccccc32)nc1. The molecular weight excluding hydrogens is 398 g/mol. The van der Waals surface area contributed by atoms with Crippen LogP contribution < -0.4 is 21.7 Å². The first-order valence-corrected chi connectivity index (χ1v) is 9.84. The van der Waals surface area contributed by atoms with E-state index in [2.05, 4.69) is 27.0 Å². The zero-order valence-electron chi connectivity index (χ0n) is 16.1. The Kier molecular flexibility index (Phi) is 5.68. The fourth-order valence-electron chi connectivity index (χ4n) is 3.20. The number of pyridine rings is 1. The maximum atomic E-state index is 8.85. The molecule has 8 heteroatoms. The van der Waals surface area contributed by atoms with Gasteiger partial charge in [-0.05, 0) is 36.4 Å². The molecule has 3 aromatic rings. The minimum absolute atomic E-state index is 0.222. The van der Waals surface area contributed by atoms with E-state index in [-0.39, 0.29) is 6.17 Å². The van der Waals surface area contributed by atoms with Crippen molar-refractivity contribution in [1.29, 1.82) is 5.26 Å². The number of nitrogens with one attached hydrogen (secondary N) is 3. The Labute approximate surface area is 179 Å². The number of nitrogen functional groups attached to an aromatic ring is 1. The third-order valence-corrected chi connectivity index (χ3v) is 5.01. The number of benzene rings is 2. The topological polar surface area (TPSA) is 111 Å². The average Bonchev–Trinajstić information content (AvgIpc) is 2.77. The van der Waals surface area contributed by atoms with Gasteiger partial charge in [-0.2, -0.15) is 5.26 Å². The van der Waals surface area contributed by atoms with Crippen LogP contribution in [0.1, 0.15) is 22.9 Å². The molecule has 0 saturated carbocycles. The second-order valence-electron chi connectivity index (χ2n) is 6.75. The smallest absolute Gasteiger partial charge is 0.132 e. The molecule has 1 atom stereocenters. The van der Waals surface area contributed by atoms with Gasteiger partial charge in [0.2, 0.25) is 0 Å². The van der Waals surface area contributed by atoms with E-state index in [0.717, 1.165) is 22.6 Å². The van der Waals surface area contributed by atoms with Crippen LogP contribution in [0.3, 0.4) is 0 Å². The summed E-state index contributed by atoms with van der Waals surface area (Å²) in [6.45, 7) is 1.15. The first kappa shape index (κ1) is 19.6. The van der Waals surface area contributed by atoms with Gasteiger partial charge in [0.05, 0.1) is 12.1 Å². The van der Waals surface area contributed by atoms with Crippen LogP contribution in [0.15, 0.2) is 65.8 Å². The molecule has 30 heavy (non-hydrogen) atoms. The number of para-hydroxylation sites is 1. The highest BCUT2D eigenvalue weighted by Gasteiger charge is 2.24. The molecule has 0 bridgehead atoms. The average molecular weight is 418 g/mol. The predicted octanol–water partition coefficient (Wildman–Crippen LogP) is 3.76. The predicted molar refractivity (Wildman–Crippen MR) is 121 cm³/mol. The molecule has 1 aliphatic rings. The normalized spacial score (nSPS) is 16.1. The van der Waals surface area contributed by atoms with Gasteiger partial charge in [0.15, 0.2) is 0 Å². The second kappa shape index (κ2) is 8.72. The van der Waals surface area contributed by atoms with Crippen molar-refractivity contribution in [2.24, 2.45) is 4.99 Å². The molecule has 1 unspecified atom stereocenters. The highest BCUT2D eigenvalue weighted by molar-refractivity contribution is 6.31. The number of nitrogens with zero attached hydrogens (tertiary/aromatic N) is 3. The van der Waals surface area contributed by atoms with Gasteiger partial charge in [-0.15, -0.1) is 0 Å². The largest absolute Gasteiger partial charge is 0.399 e. The monoisotopic (exact) mass is 417 g/mol. The van der Waals surface area contributed by atoms with E-state index in [4.69, 9.17) is 27.6 Å². The first-order chi connectivity index (χ1) is 14.6. The molecule has 0 fully saturated rings. The van der Waals surface area contributed by atoms with Gasteiger partial charge in [0, 0.05) is 40.3 Å². The minimum atomic E-state index is -0.222. The van der Waals surface area contributed by atoms with Crippen molar-refractivity contribution in [1.82, 2.24) is 10.3 Å². The number of nitriles is 1. The lowest BCUT2D eigenvalue weighted by atomic mass is 10.0. The summed E-state index contributed by atoms with van der Waals surface area (Å²) in [7, 11) is 0. The summed E-state index contributed by atoms with van der Waals surface area (Å²) in [6.07, 6.45) is 1.32.